The van der Waals surface area contributed by atoms with Crippen LogP contribution in [0.2, 0.25) is 0 Å². The predicted molar refractivity (Wildman–Crippen MR) is 243 cm³/mol. The molecule has 10 aromatic rings. The van der Waals surface area contributed by atoms with E-state index in [1.165, 1.54) is 5.39 Å². The third kappa shape index (κ3) is 4.85. The summed E-state index contributed by atoms with van der Waals surface area (Å²) in [6.07, 6.45) is 0. The molecule has 0 unspecified atom stereocenters. The summed E-state index contributed by atoms with van der Waals surface area (Å²) in [5, 5.41) is 8.40. The quantitative estimate of drug-likeness (QED) is 0.207. The fourth-order valence-electron chi connectivity index (χ4n) is 8.51. The molecule has 234 valence electrons. The number of hydrogen-bond acceptors (Lipinski definition) is 1. The molecule has 0 amide bonds. The van der Waals surface area contributed by atoms with Gasteiger partial charge in [-0.1, -0.05) is 119 Å². The lowest BCUT2D eigenvalue weighted by Crippen LogP contribution is -2.50. The third-order valence-corrected chi connectivity index (χ3v) is 11.2. The van der Waals surface area contributed by atoms with Gasteiger partial charge in [0.1, 0.15) is 73.9 Å². The second-order valence-corrected chi connectivity index (χ2v) is 14.1. The molecule has 0 N–H and O–H groups in total. The van der Waals surface area contributed by atoms with E-state index in [0.29, 0.717) is 32.7 Å². The van der Waals surface area contributed by atoms with Crippen molar-refractivity contribution >= 4 is 172 Å². The normalized spacial score (nSPS) is 11.9. The first kappa shape index (κ1) is 33.9. The van der Waals surface area contributed by atoms with Gasteiger partial charge in [0.25, 0.3) is 0 Å². The molecule has 0 fully saturated rings. The van der Waals surface area contributed by atoms with Gasteiger partial charge in [-0.05, 0) is 101 Å². The van der Waals surface area contributed by atoms with Crippen LogP contribution < -0.4 is 43.7 Å². The van der Waals surface area contributed by atoms with Gasteiger partial charge in [0, 0.05) is 10.8 Å². The lowest BCUT2D eigenvalue weighted by Gasteiger charge is -2.29. The first-order valence-corrected chi connectivity index (χ1v) is 17.8. The van der Waals surface area contributed by atoms with Gasteiger partial charge in [-0.25, -0.2) is 0 Å². The smallest absolute Gasteiger partial charge is 0.135 e. The van der Waals surface area contributed by atoms with E-state index in [1.54, 1.807) is 0 Å². The standard InChI is InChI=1S/C46H20B8O/c47-39-35-33(24-15-18-32-30(20-24)28-11-5-6-12-31(28)55-32)36-38(42(50)46(54)44(52)40(36)48)34(37(35)41(49)45(53)43(39)51)29-17-16-25(26-9-3-4-10-27(26)29)23-14-13-21-7-1-2-8-22(21)19-23/h1-20H. The highest BCUT2D eigenvalue weighted by atomic mass is 16.3. The number of rotatable bonds is 3. The molecular formula is C46H20B8O. The Balaban J connectivity index is 1.40. The molecule has 0 bridgehead atoms. The second-order valence-electron chi connectivity index (χ2n) is 14.1. The largest absolute Gasteiger partial charge is 0.456 e. The van der Waals surface area contributed by atoms with Gasteiger partial charge < -0.3 is 4.42 Å². The molecular weight excluding hydrogens is 655 g/mol. The van der Waals surface area contributed by atoms with Crippen LogP contribution in [0, 0.1) is 0 Å². The van der Waals surface area contributed by atoms with Crippen molar-refractivity contribution in [2.75, 3.05) is 0 Å². The summed E-state index contributed by atoms with van der Waals surface area (Å²) < 4.78 is 6.19. The second kappa shape index (κ2) is 12.4. The summed E-state index contributed by atoms with van der Waals surface area (Å²) in [7, 11) is 55.0. The third-order valence-electron chi connectivity index (χ3n) is 11.2. The van der Waals surface area contributed by atoms with Gasteiger partial charge in [0.2, 0.25) is 0 Å². The molecule has 0 aliphatic carbocycles. The van der Waals surface area contributed by atoms with Gasteiger partial charge in [-0.15, -0.1) is 21.9 Å². The van der Waals surface area contributed by atoms with Gasteiger partial charge in [-0.2, -0.15) is 0 Å². The van der Waals surface area contributed by atoms with E-state index in [-0.39, 0.29) is 43.7 Å². The van der Waals surface area contributed by atoms with E-state index in [4.69, 9.17) is 67.2 Å². The molecule has 0 aliphatic rings. The highest BCUT2D eigenvalue weighted by Crippen LogP contribution is 2.45. The molecule has 16 radical (unpaired) electrons. The topological polar surface area (TPSA) is 13.1 Å². The van der Waals surface area contributed by atoms with Gasteiger partial charge >= 0.3 is 0 Å². The van der Waals surface area contributed by atoms with Crippen molar-refractivity contribution in [3.63, 3.8) is 0 Å². The minimum Gasteiger partial charge on any atom is -0.456 e. The predicted octanol–water partition coefficient (Wildman–Crippen LogP) is 3.55. The van der Waals surface area contributed by atoms with Crippen molar-refractivity contribution in [1.82, 2.24) is 0 Å². The zero-order chi connectivity index (χ0) is 37.9. The highest BCUT2D eigenvalue weighted by molar-refractivity contribution is 6.71. The van der Waals surface area contributed by atoms with E-state index in [0.717, 1.165) is 60.4 Å². The van der Waals surface area contributed by atoms with Crippen LogP contribution in [0.3, 0.4) is 0 Å². The summed E-state index contributed by atoms with van der Waals surface area (Å²) in [6.45, 7) is 0. The Kier molecular flexibility index (Phi) is 7.66. The summed E-state index contributed by atoms with van der Waals surface area (Å²) >= 11 is 0. The average molecular weight is 675 g/mol. The maximum atomic E-state index is 7.08. The Morgan fingerprint density at radius 2 is 0.782 bits per heavy atom. The Labute approximate surface area is 329 Å². The minimum absolute atomic E-state index is 0.165. The Morgan fingerprint density at radius 3 is 1.42 bits per heavy atom. The zero-order valence-electron chi connectivity index (χ0n) is 29.6. The van der Waals surface area contributed by atoms with Crippen LogP contribution in [0.25, 0.3) is 98.4 Å². The van der Waals surface area contributed by atoms with Gasteiger partial charge in [0.05, 0.1) is 0 Å². The van der Waals surface area contributed by atoms with Gasteiger partial charge in [0.15, 0.2) is 0 Å². The van der Waals surface area contributed by atoms with E-state index >= 15 is 0 Å². The van der Waals surface area contributed by atoms with Crippen molar-refractivity contribution in [1.29, 1.82) is 0 Å². The minimum atomic E-state index is 0.165. The first-order valence-electron chi connectivity index (χ1n) is 17.8. The monoisotopic (exact) mass is 676 g/mol. The molecule has 10 rings (SSSR count). The highest BCUT2D eigenvalue weighted by Gasteiger charge is 2.26. The van der Waals surface area contributed by atoms with Crippen LogP contribution >= 0.6 is 0 Å². The molecule has 0 spiro atoms. The molecule has 0 atom stereocenters. The molecule has 9 aromatic carbocycles. The van der Waals surface area contributed by atoms with Crippen LogP contribution in [0.15, 0.2) is 126 Å². The molecule has 55 heavy (non-hydrogen) atoms. The number of benzene rings is 9. The van der Waals surface area contributed by atoms with Crippen molar-refractivity contribution in [2.24, 2.45) is 0 Å². The fourth-order valence-corrected chi connectivity index (χ4v) is 8.51. The number of furan rings is 1. The van der Waals surface area contributed by atoms with Crippen LogP contribution in [-0.2, 0) is 0 Å². The van der Waals surface area contributed by atoms with E-state index in [9.17, 15) is 0 Å². The number of para-hydroxylation sites is 1. The summed E-state index contributed by atoms with van der Waals surface area (Å²) in [6, 6.07) is 41.1. The summed E-state index contributed by atoms with van der Waals surface area (Å²) in [5.41, 5.74) is 8.20. The molecule has 0 saturated carbocycles. The van der Waals surface area contributed by atoms with Crippen LogP contribution in [0.4, 0.5) is 0 Å². The molecule has 1 nitrogen and oxygen atoms in total. The Hall–Kier alpha value is -5.66. The van der Waals surface area contributed by atoms with Crippen molar-refractivity contribution in [3.05, 3.63) is 121 Å². The number of hydrogen-bond donors (Lipinski definition) is 0. The lowest BCUT2D eigenvalue weighted by molar-refractivity contribution is 0.669. The SMILES string of the molecule is [B]c1c([B])c([B])c2c(-c3ccc(-c4ccc5ccccc5c4)c4ccccc34)c3c([B])c([B])c([B])c([B])c3c(-c3ccc4oc5ccccc5c4c3)c2c1[B]. The molecule has 1 aromatic heterocycles. The Bertz CT molecular complexity index is 3230. The van der Waals surface area contributed by atoms with E-state index in [1.807, 2.05) is 66.7 Å². The van der Waals surface area contributed by atoms with Crippen LogP contribution in [0.5, 0.6) is 0 Å². The first-order chi connectivity index (χ1) is 26.6. The van der Waals surface area contributed by atoms with Gasteiger partial charge in [-0.3, -0.25) is 0 Å². The number of fused-ring (bicyclic) bond motifs is 7. The summed E-state index contributed by atoms with van der Waals surface area (Å²) in [4.78, 5) is 0. The maximum absolute atomic E-state index is 7.08. The lowest BCUT2D eigenvalue weighted by atomic mass is 9.59. The van der Waals surface area contributed by atoms with Crippen molar-refractivity contribution < 1.29 is 4.42 Å². The van der Waals surface area contributed by atoms with Crippen LogP contribution in [0.1, 0.15) is 0 Å². The summed E-state index contributed by atoms with van der Waals surface area (Å²) in [5.74, 6) is 0. The fraction of sp³-hybridized carbons (Fsp3) is 0. The molecule has 0 aliphatic heterocycles. The molecule has 1 heterocycles. The van der Waals surface area contributed by atoms with Crippen LogP contribution in [-0.4, -0.2) is 62.8 Å². The zero-order valence-corrected chi connectivity index (χ0v) is 29.6. The molecule has 0 saturated heterocycles. The van der Waals surface area contributed by atoms with E-state index < -0.39 is 0 Å². The van der Waals surface area contributed by atoms with Crippen molar-refractivity contribution in [2.45, 2.75) is 0 Å². The molecule has 9 heteroatoms. The van der Waals surface area contributed by atoms with E-state index in [2.05, 4.69) is 54.6 Å². The van der Waals surface area contributed by atoms with Crippen molar-refractivity contribution in [3.8, 4) is 33.4 Å². The maximum Gasteiger partial charge on any atom is 0.135 e. The average Bonchev–Trinajstić information content (AvgIpc) is 3.60. The Morgan fingerprint density at radius 1 is 0.309 bits per heavy atom.